The standard InChI is InChI=1S/C14H15BrO4/c1-8-4-9(7-19-8)14(16)10-5-13(18-3)11(15)6-12(10)17-2/h4-7,14,16H,1-3H3. The summed E-state index contributed by atoms with van der Waals surface area (Å²) in [4.78, 5) is 0. The highest BCUT2D eigenvalue weighted by molar-refractivity contribution is 9.10. The second kappa shape index (κ2) is 5.67. The van der Waals surface area contributed by atoms with Crippen molar-refractivity contribution in [3.05, 3.63) is 45.8 Å². The average molecular weight is 327 g/mol. The van der Waals surface area contributed by atoms with Gasteiger partial charge in [-0.3, -0.25) is 0 Å². The van der Waals surface area contributed by atoms with Gasteiger partial charge in [-0.1, -0.05) is 0 Å². The third-order valence-electron chi connectivity index (χ3n) is 2.87. The van der Waals surface area contributed by atoms with E-state index >= 15 is 0 Å². The molecule has 0 radical (unpaired) electrons. The van der Waals surface area contributed by atoms with Crippen LogP contribution in [0.3, 0.4) is 0 Å². The summed E-state index contributed by atoms with van der Waals surface area (Å²) in [6.07, 6.45) is 0.711. The summed E-state index contributed by atoms with van der Waals surface area (Å²) in [5, 5.41) is 10.4. The predicted octanol–water partition coefficient (Wildman–Crippen LogP) is 3.45. The summed E-state index contributed by atoms with van der Waals surface area (Å²) in [7, 11) is 3.13. The average Bonchev–Trinajstić information content (AvgIpc) is 2.84. The molecule has 19 heavy (non-hydrogen) atoms. The Balaban J connectivity index is 2.48. The van der Waals surface area contributed by atoms with E-state index < -0.39 is 6.10 Å². The summed E-state index contributed by atoms with van der Waals surface area (Å²) >= 11 is 3.39. The molecule has 0 aliphatic heterocycles. The number of halogens is 1. The van der Waals surface area contributed by atoms with E-state index in [1.807, 2.05) is 6.92 Å². The third-order valence-corrected chi connectivity index (χ3v) is 3.49. The zero-order chi connectivity index (χ0) is 14.0. The first-order valence-electron chi connectivity index (χ1n) is 5.71. The molecule has 5 heteroatoms. The van der Waals surface area contributed by atoms with E-state index in [0.717, 1.165) is 10.2 Å². The van der Waals surface area contributed by atoms with Crippen LogP contribution in [0.2, 0.25) is 0 Å². The molecule has 0 spiro atoms. The number of furan rings is 1. The quantitative estimate of drug-likeness (QED) is 0.934. The lowest BCUT2D eigenvalue weighted by molar-refractivity contribution is 0.213. The van der Waals surface area contributed by atoms with Crippen molar-refractivity contribution in [1.82, 2.24) is 0 Å². The van der Waals surface area contributed by atoms with Gasteiger partial charge >= 0.3 is 0 Å². The molecule has 1 unspecified atom stereocenters. The fourth-order valence-electron chi connectivity index (χ4n) is 1.88. The largest absolute Gasteiger partial charge is 0.496 e. The second-order valence-electron chi connectivity index (χ2n) is 4.12. The summed E-state index contributed by atoms with van der Waals surface area (Å²) < 4.78 is 16.5. The highest BCUT2D eigenvalue weighted by atomic mass is 79.9. The first-order valence-corrected chi connectivity index (χ1v) is 6.50. The number of methoxy groups -OCH3 is 2. The van der Waals surface area contributed by atoms with E-state index in [4.69, 9.17) is 13.9 Å². The van der Waals surface area contributed by atoms with Gasteiger partial charge in [0, 0.05) is 11.1 Å². The van der Waals surface area contributed by atoms with Crippen LogP contribution < -0.4 is 9.47 Å². The van der Waals surface area contributed by atoms with E-state index in [-0.39, 0.29) is 0 Å². The van der Waals surface area contributed by atoms with Gasteiger partial charge in [0.2, 0.25) is 0 Å². The molecule has 2 rings (SSSR count). The van der Waals surface area contributed by atoms with Crippen molar-refractivity contribution >= 4 is 15.9 Å². The lowest BCUT2D eigenvalue weighted by Gasteiger charge is -2.16. The molecule has 1 aromatic heterocycles. The predicted molar refractivity (Wildman–Crippen MR) is 74.8 cm³/mol. The summed E-state index contributed by atoms with van der Waals surface area (Å²) in [5.41, 5.74) is 1.31. The fourth-order valence-corrected chi connectivity index (χ4v) is 2.37. The van der Waals surface area contributed by atoms with Gasteiger partial charge in [-0.15, -0.1) is 0 Å². The molecule has 0 bridgehead atoms. The van der Waals surface area contributed by atoms with Gasteiger partial charge in [0.05, 0.1) is 25.0 Å². The van der Waals surface area contributed by atoms with E-state index in [0.29, 0.717) is 22.6 Å². The number of hydrogen-bond acceptors (Lipinski definition) is 4. The lowest BCUT2D eigenvalue weighted by Crippen LogP contribution is -2.02. The molecule has 4 nitrogen and oxygen atoms in total. The topological polar surface area (TPSA) is 51.8 Å². The maximum atomic E-state index is 10.4. The monoisotopic (exact) mass is 326 g/mol. The van der Waals surface area contributed by atoms with Gasteiger partial charge in [-0.25, -0.2) is 0 Å². The number of aliphatic hydroxyl groups excluding tert-OH is 1. The first-order chi connectivity index (χ1) is 9.06. The summed E-state index contributed by atoms with van der Waals surface area (Å²) in [5.74, 6) is 1.96. The van der Waals surface area contributed by atoms with E-state index in [1.54, 1.807) is 32.4 Å². The number of rotatable bonds is 4. The van der Waals surface area contributed by atoms with Crippen molar-refractivity contribution in [2.75, 3.05) is 14.2 Å². The highest BCUT2D eigenvalue weighted by Gasteiger charge is 2.19. The lowest BCUT2D eigenvalue weighted by atomic mass is 10.0. The van der Waals surface area contributed by atoms with Crippen LogP contribution in [0, 0.1) is 6.92 Å². The van der Waals surface area contributed by atoms with Crippen LogP contribution in [0.1, 0.15) is 23.0 Å². The number of benzene rings is 1. The normalized spacial score (nSPS) is 12.3. The first kappa shape index (κ1) is 14.0. The van der Waals surface area contributed by atoms with E-state index in [9.17, 15) is 5.11 Å². The molecule has 0 saturated heterocycles. The van der Waals surface area contributed by atoms with Crippen molar-refractivity contribution in [2.45, 2.75) is 13.0 Å². The minimum absolute atomic E-state index is 0.582. The van der Waals surface area contributed by atoms with Crippen LogP contribution in [-0.2, 0) is 0 Å². The minimum atomic E-state index is -0.825. The smallest absolute Gasteiger partial charge is 0.133 e. The summed E-state index contributed by atoms with van der Waals surface area (Å²) in [6, 6.07) is 5.30. The number of hydrogen-bond donors (Lipinski definition) is 1. The van der Waals surface area contributed by atoms with Crippen LogP contribution >= 0.6 is 15.9 Å². The van der Waals surface area contributed by atoms with E-state index in [2.05, 4.69) is 15.9 Å². The van der Waals surface area contributed by atoms with Crippen LogP contribution in [0.4, 0.5) is 0 Å². The van der Waals surface area contributed by atoms with Crippen molar-refractivity contribution < 1.29 is 19.0 Å². The Labute approximate surface area is 120 Å². The molecule has 2 aromatic rings. The Hall–Kier alpha value is -1.46. The highest BCUT2D eigenvalue weighted by Crippen LogP contribution is 2.38. The molecular weight excluding hydrogens is 312 g/mol. The molecule has 1 aromatic carbocycles. The summed E-state index contributed by atoms with van der Waals surface area (Å²) in [6.45, 7) is 1.83. The second-order valence-corrected chi connectivity index (χ2v) is 4.98. The van der Waals surface area contributed by atoms with Gasteiger partial charge in [-0.2, -0.15) is 0 Å². The Kier molecular flexibility index (Phi) is 4.17. The van der Waals surface area contributed by atoms with Gasteiger partial charge in [0.1, 0.15) is 23.4 Å². The molecule has 0 amide bonds. The Bertz CT molecular complexity index is 577. The number of ether oxygens (including phenoxy) is 2. The molecule has 102 valence electrons. The SMILES string of the molecule is COc1cc(C(O)c2coc(C)c2)c(OC)cc1Br. The number of aliphatic hydroxyl groups is 1. The zero-order valence-corrected chi connectivity index (χ0v) is 12.5. The van der Waals surface area contributed by atoms with Gasteiger partial charge in [-0.05, 0) is 41.1 Å². The molecule has 0 saturated carbocycles. The Morgan fingerprint density at radius 1 is 1.16 bits per heavy atom. The van der Waals surface area contributed by atoms with Crippen molar-refractivity contribution in [1.29, 1.82) is 0 Å². The molecule has 0 fully saturated rings. The Morgan fingerprint density at radius 2 is 1.84 bits per heavy atom. The minimum Gasteiger partial charge on any atom is -0.496 e. The zero-order valence-electron chi connectivity index (χ0n) is 10.9. The van der Waals surface area contributed by atoms with Crippen LogP contribution in [0.25, 0.3) is 0 Å². The van der Waals surface area contributed by atoms with Gasteiger partial charge in [0.15, 0.2) is 0 Å². The molecular formula is C14H15BrO4. The van der Waals surface area contributed by atoms with Gasteiger partial charge < -0.3 is 19.0 Å². The van der Waals surface area contributed by atoms with Crippen molar-refractivity contribution in [3.8, 4) is 11.5 Å². The molecule has 1 heterocycles. The van der Waals surface area contributed by atoms with Crippen LogP contribution in [-0.4, -0.2) is 19.3 Å². The van der Waals surface area contributed by atoms with Crippen molar-refractivity contribution in [2.24, 2.45) is 0 Å². The van der Waals surface area contributed by atoms with Crippen LogP contribution in [0.5, 0.6) is 11.5 Å². The number of aryl methyl sites for hydroxylation is 1. The maximum absolute atomic E-state index is 10.4. The molecule has 1 N–H and O–H groups in total. The third kappa shape index (κ3) is 2.77. The molecule has 1 atom stereocenters. The molecule has 0 aliphatic rings. The van der Waals surface area contributed by atoms with Crippen LogP contribution in [0.15, 0.2) is 33.4 Å². The van der Waals surface area contributed by atoms with Crippen molar-refractivity contribution in [3.63, 3.8) is 0 Å². The molecule has 0 aliphatic carbocycles. The maximum Gasteiger partial charge on any atom is 0.133 e. The van der Waals surface area contributed by atoms with E-state index in [1.165, 1.54) is 6.26 Å². The Morgan fingerprint density at radius 3 is 2.37 bits per heavy atom. The van der Waals surface area contributed by atoms with Gasteiger partial charge in [0.25, 0.3) is 0 Å². The fraction of sp³-hybridized carbons (Fsp3) is 0.286.